The maximum absolute atomic E-state index is 11.7. The molecule has 1 N–H and O–H groups in total. The molecule has 2 aliphatic rings. The van der Waals surface area contributed by atoms with Crippen molar-refractivity contribution in [3.8, 4) is 6.07 Å². The van der Waals surface area contributed by atoms with Gasteiger partial charge in [0.05, 0.1) is 6.07 Å². The molecular formula is C11H16N2OS. The van der Waals surface area contributed by atoms with E-state index in [0.29, 0.717) is 5.92 Å². The van der Waals surface area contributed by atoms with E-state index in [9.17, 15) is 4.79 Å². The molecule has 0 radical (unpaired) electrons. The van der Waals surface area contributed by atoms with Crippen LogP contribution in [0.4, 0.5) is 0 Å². The lowest BCUT2D eigenvalue weighted by Gasteiger charge is -2.22. The normalized spacial score (nSPS) is 24.2. The quantitative estimate of drug-likeness (QED) is 0.791. The average Bonchev–Trinajstić information content (AvgIpc) is 3.08. The fourth-order valence-corrected chi connectivity index (χ4v) is 3.08. The summed E-state index contributed by atoms with van der Waals surface area (Å²) in [5.74, 6) is 3.02. The highest BCUT2D eigenvalue weighted by Crippen LogP contribution is 2.45. The predicted molar refractivity (Wildman–Crippen MR) is 60.3 cm³/mol. The van der Waals surface area contributed by atoms with Gasteiger partial charge >= 0.3 is 0 Å². The summed E-state index contributed by atoms with van der Waals surface area (Å²) in [7, 11) is 0. The number of thioether (sulfide) groups is 1. The van der Waals surface area contributed by atoms with Crippen molar-refractivity contribution in [1.29, 1.82) is 5.26 Å². The number of nitrogens with zero attached hydrogens (tertiary/aromatic N) is 1. The number of carbonyl (C=O) groups is 1. The van der Waals surface area contributed by atoms with Crippen LogP contribution in [0.25, 0.3) is 0 Å². The summed E-state index contributed by atoms with van der Waals surface area (Å²) in [5, 5.41) is 11.8. The SMILES string of the molecule is N#CC1(C(=O)NCC2CCSCC2)CC1. The lowest BCUT2D eigenvalue weighted by Crippen LogP contribution is -2.35. The van der Waals surface area contributed by atoms with Crippen LogP contribution in [0.15, 0.2) is 0 Å². The first-order valence-electron chi connectivity index (χ1n) is 5.54. The van der Waals surface area contributed by atoms with E-state index in [1.165, 1.54) is 24.3 Å². The Labute approximate surface area is 94.6 Å². The van der Waals surface area contributed by atoms with Crippen LogP contribution in [0, 0.1) is 22.7 Å². The maximum Gasteiger partial charge on any atom is 0.240 e. The van der Waals surface area contributed by atoms with Crippen molar-refractivity contribution in [2.45, 2.75) is 25.7 Å². The highest BCUT2D eigenvalue weighted by Gasteiger charge is 2.50. The van der Waals surface area contributed by atoms with Crippen LogP contribution in [0.3, 0.4) is 0 Å². The molecule has 0 aromatic heterocycles. The second-order valence-electron chi connectivity index (χ2n) is 4.46. The van der Waals surface area contributed by atoms with E-state index in [2.05, 4.69) is 11.4 Å². The fourth-order valence-electron chi connectivity index (χ4n) is 1.87. The Balaban J connectivity index is 1.73. The Kier molecular flexibility index (Phi) is 3.20. The van der Waals surface area contributed by atoms with Crippen molar-refractivity contribution >= 4 is 17.7 Å². The zero-order valence-corrected chi connectivity index (χ0v) is 9.61. The third kappa shape index (κ3) is 2.46. The van der Waals surface area contributed by atoms with Gasteiger partial charge in [-0.3, -0.25) is 4.79 Å². The van der Waals surface area contributed by atoms with Crippen LogP contribution in [0.1, 0.15) is 25.7 Å². The highest BCUT2D eigenvalue weighted by atomic mass is 32.2. The fraction of sp³-hybridized carbons (Fsp3) is 0.818. The first-order valence-corrected chi connectivity index (χ1v) is 6.70. The molecule has 2 rings (SSSR count). The maximum atomic E-state index is 11.7. The lowest BCUT2D eigenvalue weighted by molar-refractivity contribution is -0.124. The van der Waals surface area contributed by atoms with Crippen LogP contribution in [-0.4, -0.2) is 24.0 Å². The van der Waals surface area contributed by atoms with Crippen LogP contribution >= 0.6 is 11.8 Å². The van der Waals surface area contributed by atoms with E-state index in [1.807, 2.05) is 11.8 Å². The molecule has 0 atom stereocenters. The highest BCUT2D eigenvalue weighted by molar-refractivity contribution is 7.99. The first-order chi connectivity index (χ1) is 7.27. The molecule has 3 nitrogen and oxygen atoms in total. The Morgan fingerprint density at radius 1 is 1.47 bits per heavy atom. The van der Waals surface area contributed by atoms with Crippen molar-refractivity contribution in [1.82, 2.24) is 5.32 Å². The summed E-state index contributed by atoms with van der Waals surface area (Å²) < 4.78 is 0. The largest absolute Gasteiger partial charge is 0.354 e. The molecule has 1 heterocycles. The van der Waals surface area contributed by atoms with E-state index in [-0.39, 0.29) is 5.91 Å². The molecule has 0 aromatic rings. The molecule has 1 aliphatic carbocycles. The van der Waals surface area contributed by atoms with Crippen molar-refractivity contribution in [3.63, 3.8) is 0 Å². The molecule has 1 aliphatic heterocycles. The second-order valence-corrected chi connectivity index (χ2v) is 5.68. The molecule has 1 saturated carbocycles. The number of nitriles is 1. The topological polar surface area (TPSA) is 52.9 Å². The number of carbonyl (C=O) groups excluding carboxylic acids is 1. The van der Waals surface area contributed by atoms with Crippen LogP contribution < -0.4 is 5.32 Å². The van der Waals surface area contributed by atoms with Gasteiger partial charge < -0.3 is 5.32 Å². The van der Waals surface area contributed by atoms with Crippen molar-refractivity contribution in [2.75, 3.05) is 18.1 Å². The summed E-state index contributed by atoms with van der Waals surface area (Å²) >= 11 is 1.99. The third-order valence-electron chi connectivity index (χ3n) is 3.29. The Hall–Kier alpha value is -0.690. The monoisotopic (exact) mass is 224 g/mol. The number of amides is 1. The number of hydrogen-bond acceptors (Lipinski definition) is 3. The number of rotatable bonds is 3. The minimum Gasteiger partial charge on any atom is -0.354 e. The summed E-state index contributed by atoms with van der Waals surface area (Å²) in [4.78, 5) is 11.7. The van der Waals surface area contributed by atoms with Gasteiger partial charge in [-0.1, -0.05) is 0 Å². The summed E-state index contributed by atoms with van der Waals surface area (Å²) in [5.41, 5.74) is -0.649. The number of nitrogens with one attached hydrogen (secondary N) is 1. The minimum atomic E-state index is -0.649. The number of hydrogen-bond donors (Lipinski definition) is 1. The van der Waals surface area contributed by atoms with Crippen LogP contribution in [-0.2, 0) is 4.79 Å². The zero-order chi connectivity index (χ0) is 10.7. The Morgan fingerprint density at radius 3 is 2.67 bits per heavy atom. The summed E-state index contributed by atoms with van der Waals surface area (Å²) in [6.07, 6.45) is 3.89. The van der Waals surface area contributed by atoms with Gasteiger partial charge in [0.1, 0.15) is 5.41 Å². The van der Waals surface area contributed by atoms with E-state index >= 15 is 0 Å². The van der Waals surface area contributed by atoms with Gasteiger partial charge in [0, 0.05) is 6.54 Å². The molecule has 0 unspecified atom stereocenters. The standard InChI is InChI=1S/C11H16N2OS/c12-8-11(3-4-11)10(14)13-7-9-1-5-15-6-2-9/h9H,1-7H2,(H,13,14). The molecule has 0 spiro atoms. The Bertz CT molecular complexity index is 287. The lowest BCUT2D eigenvalue weighted by atomic mass is 10.0. The van der Waals surface area contributed by atoms with E-state index in [0.717, 1.165) is 19.4 Å². The average molecular weight is 224 g/mol. The van der Waals surface area contributed by atoms with Gasteiger partial charge in [-0.15, -0.1) is 0 Å². The molecule has 1 amide bonds. The van der Waals surface area contributed by atoms with Gasteiger partial charge in [-0.05, 0) is 43.1 Å². The first kappa shape index (κ1) is 10.8. The molecular weight excluding hydrogens is 208 g/mol. The van der Waals surface area contributed by atoms with Gasteiger partial charge in [-0.25, -0.2) is 0 Å². The van der Waals surface area contributed by atoms with Gasteiger partial charge in [-0.2, -0.15) is 17.0 Å². The van der Waals surface area contributed by atoms with Crippen LogP contribution in [0.5, 0.6) is 0 Å². The predicted octanol–water partition coefficient (Wildman–Crippen LogP) is 1.55. The van der Waals surface area contributed by atoms with Crippen molar-refractivity contribution < 1.29 is 4.79 Å². The molecule has 15 heavy (non-hydrogen) atoms. The zero-order valence-electron chi connectivity index (χ0n) is 8.79. The summed E-state index contributed by atoms with van der Waals surface area (Å²) in [6, 6.07) is 2.12. The Morgan fingerprint density at radius 2 is 2.13 bits per heavy atom. The summed E-state index contributed by atoms with van der Waals surface area (Å²) in [6.45, 7) is 0.767. The van der Waals surface area contributed by atoms with Crippen molar-refractivity contribution in [3.05, 3.63) is 0 Å². The molecule has 1 saturated heterocycles. The van der Waals surface area contributed by atoms with Gasteiger partial charge in [0.25, 0.3) is 0 Å². The third-order valence-corrected chi connectivity index (χ3v) is 4.34. The molecule has 0 aromatic carbocycles. The molecule has 82 valence electrons. The molecule has 2 fully saturated rings. The smallest absolute Gasteiger partial charge is 0.240 e. The molecule has 4 heteroatoms. The molecule has 0 bridgehead atoms. The van der Waals surface area contributed by atoms with Gasteiger partial charge in [0.2, 0.25) is 5.91 Å². The minimum absolute atomic E-state index is 0.0387. The van der Waals surface area contributed by atoms with E-state index in [4.69, 9.17) is 5.26 Å². The second kappa shape index (κ2) is 4.44. The van der Waals surface area contributed by atoms with Gasteiger partial charge in [0.15, 0.2) is 0 Å². The van der Waals surface area contributed by atoms with E-state index in [1.54, 1.807) is 0 Å². The van der Waals surface area contributed by atoms with Crippen LogP contribution in [0.2, 0.25) is 0 Å². The van der Waals surface area contributed by atoms with E-state index < -0.39 is 5.41 Å². The van der Waals surface area contributed by atoms with Crippen molar-refractivity contribution in [2.24, 2.45) is 11.3 Å².